The van der Waals surface area contributed by atoms with Crippen LogP contribution in [0.3, 0.4) is 0 Å². The van der Waals surface area contributed by atoms with Crippen LogP contribution in [-0.4, -0.2) is 36.5 Å². The highest BCUT2D eigenvalue weighted by molar-refractivity contribution is 5.76. The van der Waals surface area contributed by atoms with Gasteiger partial charge >= 0.3 is 0 Å². The molecule has 1 saturated carbocycles. The Labute approximate surface area is 124 Å². The first-order valence-corrected chi connectivity index (χ1v) is 8.80. The SMILES string of the molecule is CCC1CCCCN1CCNC(=O)CC1CCCCC1. The molecule has 0 aromatic carbocycles. The first-order chi connectivity index (χ1) is 9.79. The molecule has 3 heteroatoms. The molecule has 0 aromatic heterocycles. The van der Waals surface area contributed by atoms with Gasteiger partial charge < -0.3 is 5.32 Å². The van der Waals surface area contributed by atoms with Crippen LogP contribution < -0.4 is 5.32 Å². The standard InChI is InChI=1S/C17H32N2O/c1-2-16-10-6-7-12-19(16)13-11-18-17(20)14-15-8-4-3-5-9-15/h15-16H,2-14H2,1H3,(H,18,20). The Morgan fingerprint density at radius 1 is 1.10 bits per heavy atom. The number of rotatable bonds is 6. The minimum absolute atomic E-state index is 0.280. The van der Waals surface area contributed by atoms with E-state index in [0.717, 1.165) is 25.6 Å². The lowest BCUT2D eigenvalue weighted by atomic mass is 9.87. The summed E-state index contributed by atoms with van der Waals surface area (Å²) in [5.74, 6) is 0.934. The van der Waals surface area contributed by atoms with Crippen molar-refractivity contribution < 1.29 is 4.79 Å². The zero-order chi connectivity index (χ0) is 14.2. The predicted molar refractivity (Wildman–Crippen MR) is 83.7 cm³/mol. The van der Waals surface area contributed by atoms with Crippen molar-refractivity contribution in [2.75, 3.05) is 19.6 Å². The molecule has 1 unspecified atom stereocenters. The summed E-state index contributed by atoms with van der Waals surface area (Å²) in [4.78, 5) is 14.5. The number of carbonyl (C=O) groups excluding carboxylic acids is 1. The maximum absolute atomic E-state index is 12.0. The summed E-state index contributed by atoms with van der Waals surface area (Å²) in [5, 5.41) is 3.14. The fraction of sp³-hybridized carbons (Fsp3) is 0.941. The van der Waals surface area contributed by atoms with Crippen molar-refractivity contribution in [3.8, 4) is 0 Å². The number of likely N-dealkylation sites (tertiary alicyclic amines) is 1. The molecular formula is C17H32N2O. The molecule has 20 heavy (non-hydrogen) atoms. The number of hydrogen-bond donors (Lipinski definition) is 1. The van der Waals surface area contributed by atoms with Crippen LogP contribution in [0.5, 0.6) is 0 Å². The number of nitrogens with one attached hydrogen (secondary N) is 1. The van der Waals surface area contributed by atoms with Gasteiger partial charge in [0.25, 0.3) is 0 Å². The van der Waals surface area contributed by atoms with E-state index in [0.29, 0.717) is 5.92 Å². The largest absolute Gasteiger partial charge is 0.355 e. The van der Waals surface area contributed by atoms with E-state index in [2.05, 4.69) is 17.1 Å². The highest BCUT2D eigenvalue weighted by Gasteiger charge is 2.21. The molecule has 1 amide bonds. The van der Waals surface area contributed by atoms with Crippen LogP contribution in [0.4, 0.5) is 0 Å². The van der Waals surface area contributed by atoms with Crippen molar-refractivity contribution in [1.29, 1.82) is 0 Å². The molecule has 0 radical (unpaired) electrons. The fourth-order valence-electron chi connectivity index (χ4n) is 3.88. The lowest BCUT2D eigenvalue weighted by molar-refractivity contribution is -0.122. The van der Waals surface area contributed by atoms with Crippen molar-refractivity contribution in [3.63, 3.8) is 0 Å². The number of hydrogen-bond acceptors (Lipinski definition) is 2. The monoisotopic (exact) mass is 280 g/mol. The quantitative estimate of drug-likeness (QED) is 0.809. The van der Waals surface area contributed by atoms with Gasteiger partial charge in [0.05, 0.1) is 0 Å². The highest BCUT2D eigenvalue weighted by atomic mass is 16.1. The second-order valence-electron chi connectivity index (χ2n) is 6.65. The minimum Gasteiger partial charge on any atom is -0.355 e. The van der Waals surface area contributed by atoms with E-state index in [-0.39, 0.29) is 5.91 Å². The van der Waals surface area contributed by atoms with Gasteiger partial charge in [-0.2, -0.15) is 0 Å². The van der Waals surface area contributed by atoms with Crippen LogP contribution in [0.15, 0.2) is 0 Å². The van der Waals surface area contributed by atoms with Gasteiger partial charge in [0.1, 0.15) is 0 Å². The van der Waals surface area contributed by atoms with Gasteiger partial charge in [0.2, 0.25) is 5.91 Å². The molecule has 1 N–H and O–H groups in total. The molecule has 0 bridgehead atoms. The van der Waals surface area contributed by atoms with Gasteiger partial charge in [-0.25, -0.2) is 0 Å². The van der Waals surface area contributed by atoms with Crippen molar-refractivity contribution >= 4 is 5.91 Å². The van der Waals surface area contributed by atoms with Crippen molar-refractivity contribution in [2.45, 2.75) is 77.2 Å². The van der Waals surface area contributed by atoms with Crippen LogP contribution in [0.2, 0.25) is 0 Å². The second-order valence-corrected chi connectivity index (χ2v) is 6.65. The summed E-state index contributed by atoms with van der Waals surface area (Å²) in [5.41, 5.74) is 0. The summed E-state index contributed by atoms with van der Waals surface area (Å²) >= 11 is 0. The van der Waals surface area contributed by atoms with E-state index < -0.39 is 0 Å². The van der Waals surface area contributed by atoms with Gasteiger partial charge in [0.15, 0.2) is 0 Å². The van der Waals surface area contributed by atoms with Crippen LogP contribution >= 0.6 is 0 Å². The normalized spacial score (nSPS) is 25.6. The Kier molecular flexibility index (Phi) is 6.85. The minimum atomic E-state index is 0.280. The van der Waals surface area contributed by atoms with E-state index in [1.807, 2.05) is 0 Å². The number of piperidine rings is 1. The van der Waals surface area contributed by atoms with E-state index in [9.17, 15) is 4.79 Å². The third-order valence-corrected chi connectivity index (χ3v) is 5.14. The smallest absolute Gasteiger partial charge is 0.220 e. The Bertz CT molecular complexity index is 287. The summed E-state index contributed by atoms with van der Waals surface area (Å²) in [6.45, 7) is 5.37. The van der Waals surface area contributed by atoms with Crippen LogP contribution in [0.25, 0.3) is 0 Å². The number of amides is 1. The molecule has 1 saturated heterocycles. The number of carbonyl (C=O) groups is 1. The molecule has 1 aliphatic carbocycles. The summed E-state index contributed by atoms with van der Waals surface area (Å²) in [6.07, 6.45) is 12.6. The first kappa shape index (κ1) is 15.8. The molecule has 2 rings (SSSR count). The lowest BCUT2D eigenvalue weighted by Gasteiger charge is -2.35. The molecule has 2 fully saturated rings. The van der Waals surface area contributed by atoms with Gasteiger partial charge in [0, 0.05) is 25.6 Å². The maximum Gasteiger partial charge on any atom is 0.220 e. The molecule has 3 nitrogen and oxygen atoms in total. The van der Waals surface area contributed by atoms with Crippen molar-refractivity contribution in [1.82, 2.24) is 10.2 Å². The molecule has 116 valence electrons. The van der Waals surface area contributed by atoms with Crippen molar-refractivity contribution in [2.24, 2.45) is 5.92 Å². The average Bonchev–Trinajstić information content (AvgIpc) is 2.49. The number of nitrogens with zero attached hydrogens (tertiary/aromatic N) is 1. The predicted octanol–water partition coefficient (Wildman–Crippen LogP) is 3.34. The fourth-order valence-corrected chi connectivity index (χ4v) is 3.88. The molecule has 0 spiro atoms. The van der Waals surface area contributed by atoms with Crippen LogP contribution in [0.1, 0.15) is 71.1 Å². The second kappa shape index (κ2) is 8.66. The molecular weight excluding hydrogens is 248 g/mol. The van der Waals surface area contributed by atoms with Gasteiger partial charge in [-0.3, -0.25) is 9.69 Å². The summed E-state index contributed by atoms with van der Waals surface area (Å²) < 4.78 is 0. The topological polar surface area (TPSA) is 32.3 Å². The van der Waals surface area contributed by atoms with Crippen LogP contribution in [-0.2, 0) is 4.79 Å². The molecule has 2 aliphatic rings. The third kappa shape index (κ3) is 5.08. The molecule has 1 heterocycles. The Hall–Kier alpha value is -0.570. The molecule has 0 aromatic rings. The maximum atomic E-state index is 12.0. The Balaban J connectivity index is 1.60. The van der Waals surface area contributed by atoms with Crippen LogP contribution in [0, 0.1) is 5.92 Å². The molecule has 1 atom stereocenters. The average molecular weight is 280 g/mol. The van der Waals surface area contributed by atoms with Gasteiger partial charge in [-0.05, 0) is 44.6 Å². The Morgan fingerprint density at radius 2 is 1.85 bits per heavy atom. The molecule has 1 aliphatic heterocycles. The van der Waals surface area contributed by atoms with E-state index in [1.165, 1.54) is 64.3 Å². The summed E-state index contributed by atoms with van der Waals surface area (Å²) in [7, 11) is 0. The van der Waals surface area contributed by atoms with E-state index >= 15 is 0 Å². The van der Waals surface area contributed by atoms with Crippen molar-refractivity contribution in [3.05, 3.63) is 0 Å². The first-order valence-electron chi connectivity index (χ1n) is 8.80. The Morgan fingerprint density at radius 3 is 2.60 bits per heavy atom. The zero-order valence-corrected chi connectivity index (χ0v) is 13.2. The third-order valence-electron chi connectivity index (χ3n) is 5.14. The summed E-state index contributed by atoms with van der Waals surface area (Å²) in [6, 6.07) is 0.749. The van der Waals surface area contributed by atoms with E-state index in [1.54, 1.807) is 0 Å². The van der Waals surface area contributed by atoms with Gasteiger partial charge in [-0.15, -0.1) is 0 Å². The van der Waals surface area contributed by atoms with E-state index in [4.69, 9.17) is 0 Å². The van der Waals surface area contributed by atoms with Gasteiger partial charge in [-0.1, -0.05) is 32.6 Å². The lowest BCUT2D eigenvalue weighted by Crippen LogP contribution is -2.43. The highest BCUT2D eigenvalue weighted by Crippen LogP contribution is 2.26. The zero-order valence-electron chi connectivity index (χ0n) is 13.2.